The second-order valence-electron chi connectivity index (χ2n) is 5.35. The third-order valence-electron chi connectivity index (χ3n) is 4.04. The molecule has 1 saturated heterocycles. The number of hydrogen-bond acceptors (Lipinski definition) is 4. The molecule has 0 bridgehead atoms. The van der Waals surface area contributed by atoms with Gasteiger partial charge in [0.15, 0.2) is 0 Å². The Hall–Kier alpha value is -2.03. The Bertz CT molecular complexity index is 702. The highest BCUT2D eigenvalue weighted by atomic mass is 35.5. The lowest BCUT2D eigenvalue weighted by molar-refractivity contribution is 0.611. The third kappa shape index (κ3) is 2.37. The minimum absolute atomic E-state index is 0.00549. The maximum Gasteiger partial charge on any atom is 0.103 e. The van der Waals surface area contributed by atoms with E-state index in [1.807, 2.05) is 29.9 Å². The smallest absolute Gasteiger partial charge is 0.103 e. The summed E-state index contributed by atoms with van der Waals surface area (Å²) in [5, 5.41) is 9.79. The lowest BCUT2D eigenvalue weighted by Gasteiger charge is -2.20. The van der Waals surface area contributed by atoms with Crippen LogP contribution in [0.15, 0.2) is 30.7 Å². The average molecular weight is 302 g/mol. The third-order valence-corrected chi connectivity index (χ3v) is 4.36. The van der Waals surface area contributed by atoms with E-state index in [0.29, 0.717) is 17.1 Å². The van der Waals surface area contributed by atoms with Gasteiger partial charge in [0.1, 0.15) is 6.07 Å². The number of anilines is 1. The molecule has 1 aliphatic heterocycles. The van der Waals surface area contributed by atoms with E-state index >= 15 is 0 Å². The highest BCUT2D eigenvalue weighted by Gasteiger charge is 2.34. The van der Waals surface area contributed by atoms with Gasteiger partial charge in [-0.3, -0.25) is 0 Å². The van der Waals surface area contributed by atoms with E-state index < -0.39 is 0 Å². The van der Waals surface area contributed by atoms with Gasteiger partial charge in [0, 0.05) is 44.0 Å². The van der Waals surface area contributed by atoms with Crippen molar-refractivity contribution in [2.45, 2.75) is 12.0 Å². The predicted octanol–water partition coefficient (Wildman–Crippen LogP) is 1.88. The van der Waals surface area contributed by atoms with E-state index in [0.717, 1.165) is 17.9 Å². The molecular weight excluding hydrogens is 286 g/mol. The standard InChI is InChI=1S/C15H16ClN5/c1-20-9-19-6-15(20)11-7-21(8-13(11)18)14-4-2-3-12(16)10(14)5-17/h2-4,6,9,11,13H,7-8,18H2,1H3/t11-,13-/m1/s1. The summed E-state index contributed by atoms with van der Waals surface area (Å²) >= 11 is 6.11. The van der Waals surface area contributed by atoms with Crippen molar-refractivity contribution < 1.29 is 0 Å². The largest absolute Gasteiger partial charge is 0.368 e. The van der Waals surface area contributed by atoms with Crippen molar-refractivity contribution >= 4 is 17.3 Å². The summed E-state index contributed by atoms with van der Waals surface area (Å²) in [4.78, 5) is 6.29. The molecule has 6 heteroatoms. The molecule has 1 fully saturated rings. The normalized spacial score (nSPS) is 21.5. The topological polar surface area (TPSA) is 70.9 Å². The number of aromatic nitrogens is 2. The van der Waals surface area contributed by atoms with E-state index in [-0.39, 0.29) is 12.0 Å². The maximum atomic E-state index is 9.31. The number of imidazole rings is 1. The number of nitriles is 1. The van der Waals surface area contributed by atoms with Crippen LogP contribution in [0.3, 0.4) is 0 Å². The van der Waals surface area contributed by atoms with Crippen molar-refractivity contribution in [3.63, 3.8) is 0 Å². The molecule has 1 aromatic heterocycles. The molecule has 3 rings (SSSR count). The summed E-state index contributed by atoms with van der Waals surface area (Å²) in [6.07, 6.45) is 3.64. The van der Waals surface area contributed by atoms with Crippen molar-refractivity contribution in [1.29, 1.82) is 5.26 Å². The Kier molecular flexibility index (Phi) is 3.58. The van der Waals surface area contributed by atoms with Gasteiger partial charge in [-0.05, 0) is 12.1 Å². The summed E-state index contributed by atoms with van der Waals surface area (Å²) in [7, 11) is 1.97. The molecule has 21 heavy (non-hydrogen) atoms. The van der Waals surface area contributed by atoms with E-state index in [1.165, 1.54) is 0 Å². The molecule has 2 N–H and O–H groups in total. The summed E-state index contributed by atoms with van der Waals surface area (Å²) in [6.45, 7) is 1.46. The summed E-state index contributed by atoms with van der Waals surface area (Å²) < 4.78 is 2.00. The molecule has 0 aliphatic carbocycles. The fourth-order valence-corrected chi connectivity index (χ4v) is 3.16. The van der Waals surface area contributed by atoms with Crippen molar-refractivity contribution in [2.75, 3.05) is 18.0 Å². The van der Waals surface area contributed by atoms with Crippen LogP contribution in [0.1, 0.15) is 17.2 Å². The van der Waals surface area contributed by atoms with Crippen LogP contribution in [0.4, 0.5) is 5.69 Å². The monoisotopic (exact) mass is 301 g/mol. The molecule has 2 aromatic rings. The van der Waals surface area contributed by atoms with Gasteiger partial charge in [-0.2, -0.15) is 5.26 Å². The molecule has 0 spiro atoms. The Morgan fingerprint density at radius 3 is 2.90 bits per heavy atom. The first-order valence-electron chi connectivity index (χ1n) is 6.77. The quantitative estimate of drug-likeness (QED) is 0.919. The predicted molar refractivity (Wildman–Crippen MR) is 82.3 cm³/mol. The van der Waals surface area contributed by atoms with Gasteiger partial charge in [0.25, 0.3) is 0 Å². The van der Waals surface area contributed by atoms with Crippen LogP contribution in [0, 0.1) is 11.3 Å². The van der Waals surface area contributed by atoms with Crippen molar-refractivity contribution in [1.82, 2.24) is 9.55 Å². The van der Waals surface area contributed by atoms with Gasteiger partial charge < -0.3 is 15.2 Å². The summed E-state index contributed by atoms with van der Waals surface area (Å²) in [5.41, 5.74) is 8.78. The lowest BCUT2D eigenvalue weighted by Crippen LogP contribution is -2.29. The molecule has 1 aliphatic rings. The van der Waals surface area contributed by atoms with Crippen LogP contribution < -0.4 is 10.6 Å². The number of benzene rings is 1. The molecule has 0 radical (unpaired) electrons. The maximum absolute atomic E-state index is 9.31. The van der Waals surface area contributed by atoms with Gasteiger partial charge in [-0.15, -0.1) is 0 Å². The zero-order valence-corrected chi connectivity index (χ0v) is 12.5. The minimum atomic E-state index is 0.00549. The van der Waals surface area contributed by atoms with E-state index in [1.54, 1.807) is 12.4 Å². The van der Waals surface area contributed by atoms with Crippen LogP contribution in [0.2, 0.25) is 5.02 Å². The zero-order chi connectivity index (χ0) is 15.0. The molecule has 0 amide bonds. The Morgan fingerprint density at radius 2 is 2.24 bits per heavy atom. The van der Waals surface area contributed by atoms with E-state index in [9.17, 15) is 5.26 Å². The van der Waals surface area contributed by atoms with Crippen LogP contribution in [0.25, 0.3) is 0 Å². The number of hydrogen-bond donors (Lipinski definition) is 1. The fraction of sp³-hybridized carbons (Fsp3) is 0.333. The Labute approximate surface area is 128 Å². The molecule has 2 heterocycles. The molecule has 2 atom stereocenters. The summed E-state index contributed by atoms with van der Waals surface area (Å²) in [5.74, 6) is 0.197. The molecule has 0 saturated carbocycles. The van der Waals surface area contributed by atoms with Crippen molar-refractivity contribution in [3.05, 3.63) is 47.0 Å². The summed E-state index contributed by atoms with van der Waals surface area (Å²) in [6, 6.07) is 7.71. The SMILES string of the molecule is Cn1cncc1[C@@H]1CN(c2cccc(Cl)c2C#N)C[C@H]1N. The molecule has 0 unspecified atom stereocenters. The zero-order valence-electron chi connectivity index (χ0n) is 11.7. The molecular formula is C15H16ClN5. The van der Waals surface area contributed by atoms with Crippen LogP contribution >= 0.6 is 11.6 Å². The lowest BCUT2D eigenvalue weighted by atomic mass is 10.0. The van der Waals surface area contributed by atoms with Crippen LogP contribution in [0.5, 0.6) is 0 Å². The first-order valence-corrected chi connectivity index (χ1v) is 7.15. The number of rotatable bonds is 2. The Morgan fingerprint density at radius 1 is 1.43 bits per heavy atom. The Balaban J connectivity index is 1.92. The molecule has 5 nitrogen and oxygen atoms in total. The highest BCUT2D eigenvalue weighted by molar-refractivity contribution is 6.32. The number of halogens is 1. The minimum Gasteiger partial charge on any atom is -0.368 e. The van der Waals surface area contributed by atoms with Gasteiger partial charge in [-0.1, -0.05) is 17.7 Å². The van der Waals surface area contributed by atoms with E-state index in [2.05, 4.69) is 16.0 Å². The van der Waals surface area contributed by atoms with Gasteiger partial charge in [-0.25, -0.2) is 4.98 Å². The van der Waals surface area contributed by atoms with Crippen molar-refractivity contribution in [2.24, 2.45) is 12.8 Å². The number of nitrogens with two attached hydrogens (primary N) is 1. The fourth-order valence-electron chi connectivity index (χ4n) is 2.95. The molecule has 1 aromatic carbocycles. The second-order valence-corrected chi connectivity index (χ2v) is 5.76. The van der Waals surface area contributed by atoms with Gasteiger partial charge in [0.05, 0.1) is 22.6 Å². The van der Waals surface area contributed by atoms with Gasteiger partial charge >= 0.3 is 0 Å². The number of nitrogens with zero attached hydrogens (tertiary/aromatic N) is 4. The van der Waals surface area contributed by atoms with E-state index in [4.69, 9.17) is 17.3 Å². The van der Waals surface area contributed by atoms with Crippen LogP contribution in [-0.2, 0) is 7.05 Å². The van der Waals surface area contributed by atoms with Gasteiger partial charge in [0.2, 0.25) is 0 Å². The first kappa shape index (κ1) is 13.9. The molecule has 108 valence electrons. The van der Waals surface area contributed by atoms with Crippen LogP contribution in [-0.4, -0.2) is 28.7 Å². The van der Waals surface area contributed by atoms with Crippen molar-refractivity contribution in [3.8, 4) is 6.07 Å². The highest BCUT2D eigenvalue weighted by Crippen LogP contribution is 2.33. The average Bonchev–Trinajstić information content (AvgIpc) is 3.04. The number of aryl methyl sites for hydroxylation is 1. The second kappa shape index (κ2) is 5.40. The first-order chi connectivity index (χ1) is 10.1.